The summed E-state index contributed by atoms with van der Waals surface area (Å²) in [6.45, 7) is 0.00769. The molecule has 0 aliphatic heterocycles. The molecule has 26 heavy (non-hydrogen) atoms. The molecule has 0 spiro atoms. The number of amides is 2. The standard InChI is InChI=1S/C21H19BrN2O2/c1-24(14-20(25)23-19-9-5-4-8-18(19)22)21(26)13-15-10-11-16-6-2-3-7-17(16)12-15/h2-12H,13-14H2,1H3,(H,23,25). The Balaban J connectivity index is 1.60. The van der Waals surface area contributed by atoms with Crippen molar-refractivity contribution in [2.75, 3.05) is 18.9 Å². The van der Waals surface area contributed by atoms with Gasteiger partial charge in [0, 0.05) is 11.5 Å². The monoisotopic (exact) mass is 410 g/mol. The highest BCUT2D eigenvalue weighted by Crippen LogP contribution is 2.21. The summed E-state index contributed by atoms with van der Waals surface area (Å²) in [6, 6.07) is 21.4. The summed E-state index contributed by atoms with van der Waals surface area (Å²) in [4.78, 5) is 26.1. The molecular weight excluding hydrogens is 392 g/mol. The largest absolute Gasteiger partial charge is 0.336 e. The van der Waals surface area contributed by atoms with Crippen LogP contribution >= 0.6 is 15.9 Å². The number of halogens is 1. The normalized spacial score (nSPS) is 10.5. The van der Waals surface area contributed by atoms with Crippen molar-refractivity contribution in [3.8, 4) is 0 Å². The maximum atomic E-state index is 12.4. The Morgan fingerprint density at radius 3 is 2.42 bits per heavy atom. The maximum absolute atomic E-state index is 12.4. The number of benzene rings is 3. The molecule has 0 atom stereocenters. The predicted octanol–water partition coefficient (Wildman–Crippen LogP) is 4.24. The van der Waals surface area contributed by atoms with Crippen LogP contribution < -0.4 is 5.32 Å². The van der Waals surface area contributed by atoms with E-state index in [1.807, 2.05) is 60.7 Å². The number of fused-ring (bicyclic) bond motifs is 1. The van der Waals surface area contributed by atoms with Gasteiger partial charge in [-0.2, -0.15) is 0 Å². The fourth-order valence-electron chi connectivity index (χ4n) is 2.71. The third-order valence-electron chi connectivity index (χ3n) is 4.12. The molecule has 0 aliphatic carbocycles. The molecule has 0 unspecified atom stereocenters. The highest BCUT2D eigenvalue weighted by atomic mass is 79.9. The van der Waals surface area contributed by atoms with E-state index in [0.29, 0.717) is 5.69 Å². The summed E-state index contributed by atoms with van der Waals surface area (Å²) in [5.74, 6) is -0.325. The molecule has 0 bridgehead atoms. The van der Waals surface area contributed by atoms with E-state index in [9.17, 15) is 9.59 Å². The van der Waals surface area contributed by atoms with Crippen LogP contribution in [0.4, 0.5) is 5.69 Å². The molecular formula is C21H19BrN2O2. The lowest BCUT2D eigenvalue weighted by molar-refractivity contribution is -0.132. The zero-order chi connectivity index (χ0) is 18.5. The van der Waals surface area contributed by atoms with Gasteiger partial charge in [-0.05, 0) is 44.4 Å². The molecule has 0 saturated carbocycles. The molecule has 5 heteroatoms. The minimum atomic E-state index is -0.230. The molecule has 3 rings (SSSR count). The average Bonchev–Trinajstić information content (AvgIpc) is 2.63. The van der Waals surface area contributed by atoms with Crippen LogP contribution in [0, 0.1) is 0 Å². The van der Waals surface area contributed by atoms with Crippen molar-refractivity contribution in [1.82, 2.24) is 4.90 Å². The lowest BCUT2D eigenvalue weighted by Gasteiger charge is -2.17. The Kier molecular flexibility index (Phi) is 5.68. The van der Waals surface area contributed by atoms with Crippen LogP contribution in [0.15, 0.2) is 71.2 Å². The minimum absolute atomic E-state index is 0.00769. The summed E-state index contributed by atoms with van der Waals surface area (Å²) < 4.78 is 0.804. The first-order valence-electron chi connectivity index (χ1n) is 8.29. The van der Waals surface area contributed by atoms with Crippen molar-refractivity contribution >= 4 is 44.2 Å². The summed E-state index contributed by atoms with van der Waals surface area (Å²) in [6.07, 6.45) is 0.268. The van der Waals surface area contributed by atoms with E-state index in [4.69, 9.17) is 0 Å². The molecule has 0 saturated heterocycles. The van der Waals surface area contributed by atoms with Gasteiger partial charge in [0.1, 0.15) is 0 Å². The third-order valence-corrected chi connectivity index (χ3v) is 4.82. The maximum Gasteiger partial charge on any atom is 0.244 e. The lowest BCUT2D eigenvalue weighted by Crippen LogP contribution is -2.35. The van der Waals surface area contributed by atoms with Crippen LogP contribution in [-0.2, 0) is 16.0 Å². The van der Waals surface area contributed by atoms with E-state index in [2.05, 4.69) is 21.2 Å². The van der Waals surface area contributed by atoms with E-state index in [1.165, 1.54) is 4.90 Å². The topological polar surface area (TPSA) is 49.4 Å². The Morgan fingerprint density at radius 1 is 0.962 bits per heavy atom. The van der Waals surface area contributed by atoms with Crippen LogP contribution in [0.3, 0.4) is 0 Å². The van der Waals surface area contributed by atoms with Crippen molar-refractivity contribution in [3.05, 3.63) is 76.8 Å². The first-order chi connectivity index (χ1) is 12.5. The van der Waals surface area contributed by atoms with Crippen molar-refractivity contribution in [1.29, 1.82) is 0 Å². The van der Waals surface area contributed by atoms with E-state index in [-0.39, 0.29) is 24.8 Å². The Morgan fingerprint density at radius 2 is 1.65 bits per heavy atom. The first-order valence-corrected chi connectivity index (χ1v) is 9.08. The van der Waals surface area contributed by atoms with Crippen molar-refractivity contribution in [3.63, 3.8) is 0 Å². The molecule has 0 radical (unpaired) electrons. The molecule has 3 aromatic rings. The molecule has 132 valence electrons. The molecule has 4 nitrogen and oxygen atoms in total. The third kappa shape index (κ3) is 4.49. The SMILES string of the molecule is CN(CC(=O)Nc1ccccc1Br)C(=O)Cc1ccc2ccccc2c1. The molecule has 0 heterocycles. The van der Waals surface area contributed by atoms with Gasteiger partial charge < -0.3 is 10.2 Å². The molecule has 0 aliphatic rings. The molecule has 0 fully saturated rings. The number of carbonyl (C=O) groups excluding carboxylic acids is 2. The highest BCUT2D eigenvalue weighted by molar-refractivity contribution is 9.10. The summed E-state index contributed by atoms with van der Waals surface area (Å²) >= 11 is 3.39. The Bertz CT molecular complexity index is 955. The second-order valence-electron chi connectivity index (χ2n) is 6.14. The van der Waals surface area contributed by atoms with Crippen LogP contribution in [0.1, 0.15) is 5.56 Å². The molecule has 0 aromatic heterocycles. The molecule has 3 aromatic carbocycles. The number of carbonyl (C=O) groups is 2. The van der Waals surface area contributed by atoms with Gasteiger partial charge in [-0.1, -0.05) is 54.6 Å². The number of nitrogens with zero attached hydrogens (tertiary/aromatic N) is 1. The predicted molar refractivity (Wildman–Crippen MR) is 108 cm³/mol. The number of likely N-dealkylation sites (N-methyl/N-ethyl adjacent to an activating group) is 1. The van der Waals surface area contributed by atoms with Gasteiger partial charge in [0.05, 0.1) is 18.7 Å². The van der Waals surface area contributed by atoms with Crippen molar-refractivity contribution in [2.24, 2.45) is 0 Å². The van der Waals surface area contributed by atoms with Crippen LogP contribution in [0.2, 0.25) is 0 Å². The molecule has 2 amide bonds. The number of rotatable bonds is 5. The number of anilines is 1. The Labute approximate surface area is 160 Å². The number of hydrogen-bond acceptors (Lipinski definition) is 2. The van der Waals surface area contributed by atoms with Crippen LogP contribution in [0.25, 0.3) is 10.8 Å². The smallest absolute Gasteiger partial charge is 0.244 e. The van der Waals surface area contributed by atoms with Gasteiger partial charge in [0.15, 0.2) is 0 Å². The quantitative estimate of drug-likeness (QED) is 0.683. The van der Waals surface area contributed by atoms with Crippen molar-refractivity contribution < 1.29 is 9.59 Å². The van der Waals surface area contributed by atoms with Gasteiger partial charge in [-0.25, -0.2) is 0 Å². The highest BCUT2D eigenvalue weighted by Gasteiger charge is 2.14. The van der Waals surface area contributed by atoms with Crippen molar-refractivity contribution in [2.45, 2.75) is 6.42 Å². The van der Waals surface area contributed by atoms with Gasteiger partial charge >= 0.3 is 0 Å². The lowest BCUT2D eigenvalue weighted by atomic mass is 10.0. The van der Waals surface area contributed by atoms with Crippen LogP contribution in [0.5, 0.6) is 0 Å². The summed E-state index contributed by atoms with van der Waals surface area (Å²) in [5, 5.41) is 5.05. The molecule has 1 N–H and O–H groups in total. The average molecular weight is 411 g/mol. The zero-order valence-electron chi connectivity index (χ0n) is 14.4. The van der Waals surface area contributed by atoms with Gasteiger partial charge in [0.2, 0.25) is 11.8 Å². The minimum Gasteiger partial charge on any atom is -0.336 e. The van der Waals surface area contributed by atoms with E-state index < -0.39 is 0 Å². The Hall–Kier alpha value is -2.66. The van der Waals surface area contributed by atoms with Gasteiger partial charge in [0.25, 0.3) is 0 Å². The second kappa shape index (κ2) is 8.15. The van der Waals surface area contributed by atoms with Crippen LogP contribution in [-0.4, -0.2) is 30.3 Å². The zero-order valence-corrected chi connectivity index (χ0v) is 16.0. The van der Waals surface area contributed by atoms with E-state index in [1.54, 1.807) is 13.1 Å². The second-order valence-corrected chi connectivity index (χ2v) is 6.99. The van der Waals surface area contributed by atoms with Gasteiger partial charge in [-0.15, -0.1) is 0 Å². The fraction of sp³-hybridized carbons (Fsp3) is 0.143. The number of nitrogens with one attached hydrogen (secondary N) is 1. The van der Waals surface area contributed by atoms with Gasteiger partial charge in [-0.3, -0.25) is 9.59 Å². The first kappa shape index (κ1) is 18.1. The number of para-hydroxylation sites is 1. The summed E-state index contributed by atoms with van der Waals surface area (Å²) in [7, 11) is 1.64. The number of hydrogen-bond donors (Lipinski definition) is 1. The van der Waals surface area contributed by atoms with E-state index in [0.717, 1.165) is 20.8 Å². The van der Waals surface area contributed by atoms with E-state index >= 15 is 0 Å². The summed E-state index contributed by atoms with van der Waals surface area (Å²) in [5.41, 5.74) is 1.62. The fourth-order valence-corrected chi connectivity index (χ4v) is 3.10.